The third-order valence-corrected chi connectivity index (χ3v) is 2.28. The second-order valence-corrected chi connectivity index (χ2v) is 3.70. The lowest BCUT2D eigenvalue weighted by Crippen LogP contribution is -2.26. The summed E-state index contributed by atoms with van der Waals surface area (Å²) in [6, 6.07) is 3.44. The van der Waals surface area contributed by atoms with Crippen LogP contribution in [0.3, 0.4) is 0 Å². The Labute approximate surface area is 97.9 Å². The van der Waals surface area contributed by atoms with Crippen LogP contribution >= 0.6 is 11.6 Å². The summed E-state index contributed by atoms with van der Waals surface area (Å²) in [4.78, 5) is 16.1. The summed E-state index contributed by atoms with van der Waals surface area (Å²) in [5.41, 5.74) is 0.914. The maximum atomic E-state index is 10.5. The van der Waals surface area contributed by atoms with Gasteiger partial charge in [0.05, 0.1) is 16.3 Å². The highest BCUT2D eigenvalue weighted by atomic mass is 35.5. The normalized spacial score (nSPS) is 9.62. The summed E-state index contributed by atoms with van der Waals surface area (Å²) in [6.45, 7) is 1.48. The van der Waals surface area contributed by atoms with Crippen molar-refractivity contribution >= 4 is 23.4 Å². The van der Waals surface area contributed by atoms with Crippen molar-refractivity contribution in [1.29, 1.82) is 5.26 Å². The summed E-state index contributed by atoms with van der Waals surface area (Å²) >= 11 is 5.91. The van der Waals surface area contributed by atoms with Gasteiger partial charge in [0.1, 0.15) is 18.4 Å². The molecule has 1 aromatic heterocycles. The number of aromatic nitrogens is 1. The number of aliphatic carboxylic acids is 1. The molecule has 0 aliphatic rings. The summed E-state index contributed by atoms with van der Waals surface area (Å²) < 4.78 is 0. The van der Waals surface area contributed by atoms with E-state index in [1.807, 2.05) is 6.07 Å². The summed E-state index contributed by atoms with van der Waals surface area (Å²) in [6.07, 6.45) is 0. The lowest BCUT2D eigenvalue weighted by Gasteiger charge is -2.17. The van der Waals surface area contributed by atoms with Gasteiger partial charge in [0.25, 0.3) is 0 Å². The van der Waals surface area contributed by atoms with Gasteiger partial charge < -0.3 is 10.0 Å². The molecule has 1 rings (SSSR count). The molecule has 0 aliphatic heterocycles. The maximum Gasteiger partial charge on any atom is 0.323 e. The molecule has 0 aromatic carbocycles. The van der Waals surface area contributed by atoms with Crippen molar-refractivity contribution in [3.63, 3.8) is 0 Å². The van der Waals surface area contributed by atoms with Gasteiger partial charge >= 0.3 is 5.97 Å². The molecule has 0 fully saturated rings. The molecule has 1 N–H and O–H groups in total. The average Bonchev–Trinajstić information content (AvgIpc) is 2.19. The SMILES string of the molecule is Cc1nc(N(C)CC(=O)O)c(Cl)cc1C#N. The Balaban J connectivity index is 3.11. The van der Waals surface area contributed by atoms with E-state index in [4.69, 9.17) is 22.0 Å². The molecule has 1 aromatic rings. The van der Waals surface area contributed by atoms with Gasteiger partial charge in [-0.25, -0.2) is 4.98 Å². The molecule has 0 saturated carbocycles. The van der Waals surface area contributed by atoms with E-state index in [-0.39, 0.29) is 11.6 Å². The first-order valence-electron chi connectivity index (χ1n) is 4.46. The minimum absolute atomic E-state index is 0.196. The predicted octanol–water partition coefficient (Wildman–Crippen LogP) is 1.44. The Bertz CT molecular complexity index is 468. The summed E-state index contributed by atoms with van der Waals surface area (Å²) in [5.74, 6) is -0.608. The van der Waals surface area contributed by atoms with Crippen LogP contribution in [-0.2, 0) is 4.79 Å². The molecule has 16 heavy (non-hydrogen) atoms. The molecule has 6 heteroatoms. The molecule has 0 spiro atoms. The molecule has 0 aliphatic carbocycles. The van der Waals surface area contributed by atoms with Gasteiger partial charge in [-0.2, -0.15) is 5.26 Å². The highest BCUT2D eigenvalue weighted by molar-refractivity contribution is 6.33. The number of pyridine rings is 1. The predicted molar refractivity (Wildman–Crippen MR) is 59.6 cm³/mol. The quantitative estimate of drug-likeness (QED) is 0.864. The van der Waals surface area contributed by atoms with Crippen LogP contribution in [0.15, 0.2) is 6.07 Å². The Morgan fingerprint density at radius 3 is 2.88 bits per heavy atom. The van der Waals surface area contributed by atoms with E-state index in [1.54, 1.807) is 14.0 Å². The number of nitriles is 1. The van der Waals surface area contributed by atoms with Crippen molar-refractivity contribution in [3.8, 4) is 6.07 Å². The molecule has 0 unspecified atom stereocenters. The van der Waals surface area contributed by atoms with Crippen LogP contribution in [0.1, 0.15) is 11.3 Å². The van der Waals surface area contributed by atoms with Crippen LogP contribution in [0.25, 0.3) is 0 Å². The first-order valence-corrected chi connectivity index (χ1v) is 4.83. The van der Waals surface area contributed by atoms with Crippen molar-refractivity contribution in [3.05, 3.63) is 22.3 Å². The van der Waals surface area contributed by atoms with Gasteiger partial charge in [-0.1, -0.05) is 11.6 Å². The van der Waals surface area contributed by atoms with Crippen molar-refractivity contribution in [2.75, 3.05) is 18.5 Å². The molecule has 0 atom stereocenters. The lowest BCUT2D eigenvalue weighted by atomic mass is 10.2. The number of carbonyl (C=O) groups is 1. The fourth-order valence-electron chi connectivity index (χ4n) is 1.23. The van der Waals surface area contributed by atoms with E-state index in [2.05, 4.69) is 4.98 Å². The highest BCUT2D eigenvalue weighted by Gasteiger charge is 2.13. The molecule has 0 amide bonds. The summed E-state index contributed by atoms with van der Waals surface area (Å²) in [5, 5.41) is 17.7. The van der Waals surface area contributed by atoms with Gasteiger partial charge in [0.2, 0.25) is 0 Å². The first kappa shape index (κ1) is 12.3. The maximum absolute atomic E-state index is 10.5. The van der Waals surface area contributed by atoms with E-state index in [0.717, 1.165) is 0 Å². The first-order chi connectivity index (χ1) is 7.45. The second kappa shape index (κ2) is 4.81. The number of halogens is 1. The van der Waals surface area contributed by atoms with Crippen molar-refractivity contribution in [2.45, 2.75) is 6.92 Å². The van der Waals surface area contributed by atoms with Crippen molar-refractivity contribution < 1.29 is 9.90 Å². The Kier molecular flexibility index (Phi) is 3.69. The number of carboxylic acids is 1. The van der Waals surface area contributed by atoms with Crippen LogP contribution in [0.2, 0.25) is 5.02 Å². The van der Waals surface area contributed by atoms with Gasteiger partial charge in [0.15, 0.2) is 0 Å². The molecular formula is C10H10ClN3O2. The third-order valence-electron chi connectivity index (χ3n) is 2.00. The van der Waals surface area contributed by atoms with Crippen LogP contribution in [0.5, 0.6) is 0 Å². The van der Waals surface area contributed by atoms with Crippen molar-refractivity contribution in [1.82, 2.24) is 4.98 Å². The van der Waals surface area contributed by atoms with Crippen LogP contribution in [0, 0.1) is 18.3 Å². The molecule has 84 valence electrons. The number of aryl methyl sites for hydroxylation is 1. The summed E-state index contributed by atoms with van der Waals surface area (Å²) in [7, 11) is 1.58. The number of likely N-dealkylation sites (N-methyl/N-ethyl adjacent to an activating group) is 1. The van der Waals surface area contributed by atoms with Crippen LogP contribution < -0.4 is 4.90 Å². The standard InChI is InChI=1S/C10H10ClN3O2/c1-6-7(4-12)3-8(11)10(13-6)14(2)5-9(15)16/h3H,5H2,1-2H3,(H,15,16). The molecule has 0 radical (unpaired) electrons. The largest absolute Gasteiger partial charge is 0.480 e. The Morgan fingerprint density at radius 1 is 1.75 bits per heavy atom. The van der Waals surface area contributed by atoms with Gasteiger partial charge in [-0.3, -0.25) is 4.79 Å². The highest BCUT2D eigenvalue weighted by Crippen LogP contribution is 2.24. The number of anilines is 1. The van der Waals surface area contributed by atoms with Crippen LogP contribution in [-0.4, -0.2) is 29.7 Å². The minimum Gasteiger partial charge on any atom is -0.480 e. The number of hydrogen-bond acceptors (Lipinski definition) is 4. The van der Waals surface area contributed by atoms with Gasteiger partial charge in [-0.15, -0.1) is 0 Å². The molecule has 0 bridgehead atoms. The zero-order valence-electron chi connectivity index (χ0n) is 8.86. The molecule has 0 saturated heterocycles. The lowest BCUT2D eigenvalue weighted by molar-refractivity contribution is -0.135. The van der Waals surface area contributed by atoms with E-state index >= 15 is 0 Å². The molecule has 1 heterocycles. The van der Waals surface area contributed by atoms with E-state index < -0.39 is 5.97 Å². The minimum atomic E-state index is -0.970. The topological polar surface area (TPSA) is 77.2 Å². The molecular weight excluding hydrogens is 230 g/mol. The second-order valence-electron chi connectivity index (χ2n) is 3.29. The van der Waals surface area contributed by atoms with E-state index in [0.29, 0.717) is 17.1 Å². The van der Waals surface area contributed by atoms with Gasteiger partial charge in [-0.05, 0) is 13.0 Å². The van der Waals surface area contributed by atoms with E-state index in [9.17, 15) is 4.79 Å². The third kappa shape index (κ3) is 2.61. The molecule has 5 nitrogen and oxygen atoms in total. The zero-order valence-corrected chi connectivity index (χ0v) is 9.62. The Hall–Kier alpha value is -1.80. The fraction of sp³-hybridized carbons (Fsp3) is 0.300. The van der Waals surface area contributed by atoms with E-state index in [1.165, 1.54) is 11.0 Å². The number of rotatable bonds is 3. The smallest absolute Gasteiger partial charge is 0.323 e. The monoisotopic (exact) mass is 239 g/mol. The van der Waals surface area contributed by atoms with Gasteiger partial charge in [0, 0.05) is 7.05 Å². The number of carboxylic acid groups (broad SMARTS) is 1. The zero-order chi connectivity index (χ0) is 12.3. The average molecular weight is 240 g/mol. The van der Waals surface area contributed by atoms with Crippen LogP contribution in [0.4, 0.5) is 5.82 Å². The fourth-order valence-corrected chi connectivity index (χ4v) is 1.52. The van der Waals surface area contributed by atoms with Crippen molar-refractivity contribution in [2.24, 2.45) is 0 Å². The number of hydrogen-bond donors (Lipinski definition) is 1. The Morgan fingerprint density at radius 2 is 2.38 bits per heavy atom. The number of nitrogens with zero attached hydrogens (tertiary/aromatic N) is 3.